The highest BCUT2D eigenvalue weighted by atomic mass is 19.3. The molecule has 0 aromatic heterocycles. The van der Waals surface area contributed by atoms with Crippen LogP contribution in [-0.2, 0) is 28.6 Å². The molecule has 0 atom stereocenters. The van der Waals surface area contributed by atoms with Crippen LogP contribution >= 0.6 is 0 Å². The summed E-state index contributed by atoms with van der Waals surface area (Å²) in [7, 11) is 0. The molecule has 26 heavy (non-hydrogen) atoms. The van der Waals surface area contributed by atoms with Crippen molar-refractivity contribution in [2.24, 2.45) is 11.3 Å². The largest absolute Gasteiger partial charge is 0.462 e. The van der Waals surface area contributed by atoms with Gasteiger partial charge in [-0.2, -0.15) is 8.78 Å². The molecular formula is C18H28F2O6. The van der Waals surface area contributed by atoms with E-state index in [1.807, 2.05) is 6.92 Å². The maximum absolute atomic E-state index is 13.7. The molecular weight excluding hydrogens is 350 g/mol. The fourth-order valence-corrected chi connectivity index (χ4v) is 2.39. The Labute approximate surface area is 152 Å². The average molecular weight is 378 g/mol. The zero-order chi connectivity index (χ0) is 19.8. The fourth-order valence-electron chi connectivity index (χ4n) is 2.39. The van der Waals surface area contributed by atoms with Gasteiger partial charge in [0.25, 0.3) is 0 Å². The predicted molar refractivity (Wildman–Crippen MR) is 88.5 cm³/mol. The van der Waals surface area contributed by atoms with Crippen molar-refractivity contribution in [2.45, 2.75) is 65.2 Å². The third kappa shape index (κ3) is 6.88. The van der Waals surface area contributed by atoms with E-state index < -0.39 is 42.5 Å². The molecule has 6 nitrogen and oxygen atoms in total. The van der Waals surface area contributed by atoms with Crippen molar-refractivity contribution >= 4 is 17.9 Å². The van der Waals surface area contributed by atoms with Gasteiger partial charge in [-0.05, 0) is 33.1 Å². The van der Waals surface area contributed by atoms with Crippen molar-refractivity contribution in [3.63, 3.8) is 0 Å². The minimum atomic E-state index is -3.93. The minimum absolute atomic E-state index is 0.314. The standard InChI is InChI=1S/C18H28F2O6/c1-4-17(2,3)15(22)24-10-11-25-16(23)18(19,20)12-26-14(21)13-8-6-5-7-9-13/h13H,4-12H2,1-3H3. The molecule has 0 saturated heterocycles. The van der Waals surface area contributed by atoms with Gasteiger partial charge in [0.2, 0.25) is 0 Å². The summed E-state index contributed by atoms with van der Waals surface area (Å²) in [6.07, 6.45) is 4.54. The van der Waals surface area contributed by atoms with Crippen LogP contribution in [0.3, 0.4) is 0 Å². The molecule has 1 rings (SSSR count). The van der Waals surface area contributed by atoms with E-state index in [0.717, 1.165) is 19.3 Å². The molecule has 0 bridgehead atoms. The van der Waals surface area contributed by atoms with Gasteiger partial charge in [-0.3, -0.25) is 9.59 Å². The van der Waals surface area contributed by atoms with Crippen LogP contribution < -0.4 is 0 Å². The van der Waals surface area contributed by atoms with Crippen molar-refractivity contribution in [1.29, 1.82) is 0 Å². The van der Waals surface area contributed by atoms with Gasteiger partial charge in [-0.1, -0.05) is 26.2 Å². The van der Waals surface area contributed by atoms with Gasteiger partial charge in [0, 0.05) is 0 Å². The summed E-state index contributed by atoms with van der Waals surface area (Å²) in [6, 6.07) is 0. The molecule has 0 aromatic rings. The normalized spacial score (nSPS) is 16.0. The Balaban J connectivity index is 2.31. The average Bonchev–Trinajstić information content (AvgIpc) is 2.63. The maximum Gasteiger partial charge on any atom is 0.380 e. The number of ether oxygens (including phenoxy) is 3. The molecule has 150 valence electrons. The Morgan fingerprint density at radius 3 is 2.00 bits per heavy atom. The minimum Gasteiger partial charge on any atom is -0.462 e. The summed E-state index contributed by atoms with van der Waals surface area (Å²) in [6.45, 7) is 3.05. The van der Waals surface area contributed by atoms with Crippen molar-refractivity contribution in [2.75, 3.05) is 19.8 Å². The predicted octanol–water partition coefficient (Wildman–Crippen LogP) is 3.27. The van der Waals surface area contributed by atoms with Gasteiger partial charge in [0.1, 0.15) is 13.2 Å². The lowest BCUT2D eigenvalue weighted by atomic mass is 9.89. The summed E-state index contributed by atoms with van der Waals surface area (Å²) < 4.78 is 41.3. The van der Waals surface area contributed by atoms with Crippen LogP contribution in [0, 0.1) is 11.3 Å². The van der Waals surface area contributed by atoms with E-state index in [2.05, 4.69) is 9.47 Å². The van der Waals surface area contributed by atoms with Gasteiger partial charge < -0.3 is 14.2 Å². The van der Waals surface area contributed by atoms with Crippen LogP contribution in [0.4, 0.5) is 8.78 Å². The maximum atomic E-state index is 13.7. The van der Waals surface area contributed by atoms with Crippen LogP contribution in [0.2, 0.25) is 0 Å². The number of hydrogen-bond acceptors (Lipinski definition) is 6. The Bertz CT molecular complexity index is 498. The molecule has 1 aliphatic carbocycles. The first kappa shape index (κ1) is 22.3. The van der Waals surface area contributed by atoms with Crippen molar-refractivity contribution < 1.29 is 37.4 Å². The molecule has 0 aromatic carbocycles. The lowest BCUT2D eigenvalue weighted by Gasteiger charge is -2.22. The quantitative estimate of drug-likeness (QED) is 0.348. The number of rotatable bonds is 9. The summed E-state index contributed by atoms with van der Waals surface area (Å²) >= 11 is 0. The van der Waals surface area contributed by atoms with Crippen LogP contribution in [0.1, 0.15) is 59.3 Å². The highest BCUT2D eigenvalue weighted by Gasteiger charge is 2.43. The molecule has 0 amide bonds. The van der Waals surface area contributed by atoms with Crippen LogP contribution in [0.5, 0.6) is 0 Å². The topological polar surface area (TPSA) is 78.9 Å². The Kier molecular flexibility index (Phi) is 8.43. The fraction of sp³-hybridized carbons (Fsp3) is 0.833. The van der Waals surface area contributed by atoms with Crippen LogP contribution in [-0.4, -0.2) is 43.7 Å². The third-order valence-corrected chi connectivity index (χ3v) is 4.62. The first-order valence-electron chi connectivity index (χ1n) is 8.99. The molecule has 1 saturated carbocycles. The van der Waals surface area contributed by atoms with E-state index in [1.165, 1.54) is 0 Å². The van der Waals surface area contributed by atoms with E-state index in [4.69, 9.17) is 4.74 Å². The highest BCUT2D eigenvalue weighted by Crippen LogP contribution is 2.26. The second-order valence-electron chi connectivity index (χ2n) is 7.16. The summed E-state index contributed by atoms with van der Waals surface area (Å²) in [4.78, 5) is 34.9. The van der Waals surface area contributed by atoms with Crippen molar-refractivity contribution in [1.82, 2.24) is 0 Å². The van der Waals surface area contributed by atoms with Crippen LogP contribution in [0.25, 0.3) is 0 Å². The van der Waals surface area contributed by atoms with E-state index >= 15 is 0 Å². The summed E-state index contributed by atoms with van der Waals surface area (Å²) in [5, 5.41) is 0. The lowest BCUT2D eigenvalue weighted by molar-refractivity contribution is -0.187. The zero-order valence-electron chi connectivity index (χ0n) is 15.6. The SMILES string of the molecule is CCC(C)(C)C(=O)OCCOC(=O)C(F)(F)COC(=O)C1CCCCC1. The zero-order valence-corrected chi connectivity index (χ0v) is 15.6. The van der Waals surface area contributed by atoms with Crippen molar-refractivity contribution in [3.8, 4) is 0 Å². The molecule has 1 aliphatic rings. The van der Waals surface area contributed by atoms with Crippen molar-refractivity contribution in [3.05, 3.63) is 0 Å². The van der Waals surface area contributed by atoms with Gasteiger partial charge in [0.05, 0.1) is 11.3 Å². The van der Waals surface area contributed by atoms with Crippen LogP contribution in [0.15, 0.2) is 0 Å². The molecule has 0 N–H and O–H groups in total. The number of carbonyl (C=O) groups is 3. The van der Waals surface area contributed by atoms with Gasteiger partial charge >= 0.3 is 23.8 Å². The number of halogens is 2. The second-order valence-corrected chi connectivity index (χ2v) is 7.16. The van der Waals surface area contributed by atoms with E-state index in [1.54, 1.807) is 13.8 Å². The molecule has 8 heteroatoms. The summed E-state index contributed by atoms with van der Waals surface area (Å²) in [5.41, 5.74) is -0.693. The Hall–Kier alpha value is -1.73. The highest BCUT2D eigenvalue weighted by molar-refractivity contribution is 5.79. The second kappa shape index (κ2) is 9.83. The lowest BCUT2D eigenvalue weighted by Crippen LogP contribution is -2.38. The summed E-state index contributed by atoms with van der Waals surface area (Å²) in [5.74, 6) is -7.31. The molecule has 0 heterocycles. The molecule has 1 fully saturated rings. The first-order chi connectivity index (χ1) is 12.1. The Morgan fingerprint density at radius 2 is 1.46 bits per heavy atom. The number of carbonyl (C=O) groups excluding carboxylic acids is 3. The van der Waals surface area contributed by atoms with Gasteiger partial charge in [-0.15, -0.1) is 0 Å². The number of hydrogen-bond donors (Lipinski definition) is 0. The smallest absolute Gasteiger partial charge is 0.380 e. The third-order valence-electron chi connectivity index (χ3n) is 4.62. The molecule has 0 unspecified atom stereocenters. The molecule has 0 spiro atoms. The van der Waals surface area contributed by atoms with E-state index in [-0.39, 0.29) is 12.5 Å². The molecule has 0 radical (unpaired) electrons. The number of alkyl halides is 2. The van der Waals surface area contributed by atoms with E-state index in [0.29, 0.717) is 19.3 Å². The monoisotopic (exact) mass is 378 g/mol. The van der Waals surface area contributed by atoms with Gasteiger partial charge in [0.15, 0.2) is 6.61 Å². The van der Waals surface area contributed by atoms with E-state index in [9.17, 15) is 23.2 Å². The van der Waals surface area contributed by atoms with Gasteiger partial charge in [-0.25, -0.2) is 4.79 Å². The molecule has 0 aliphatic heterocycles. The first-order valence-corrected chi connectivity index (χ1v) is 8.99. The number of esters is 3. The Morgan fingerprint density at radius 1 is 0.923 bits per heavy atom.